The number of ether oxygens (including phenoxy) is 3. The summed E-state index contributed by atoms with van der Waals surface area (Å²) in [6, 6.07) is 27.8. The van der Waals surface area contributed by atoms with Crippen molar-refractivity contribution < 1.29 is 23.9 Å². The number of hydrogen-bond donors (Lipinski definition) is 1. The Balaban J connectivity index is 1.40. The second-order valence-corrected chi connectivity index (χ2v) is 9.83. The quantitative estimate of drug-likeness (QED) is 0.0748. The molecule has 0 bridgehead atoms. The van der Waals surface area contributed by atoms with Gasteiger partial charge in [0.25, 0.3) is 11.6 Å². The zero-order chi connectivity index (χ0) is 29.9. The Morgan fingerprint density at radius 1 is 0.929 bits per heavy atom. The van der Waals surface area contributed by atoms with Crippen LogP contribution in [0.25, 0.3) is 6.08 Å². The lowest BCUT2D eigenvalue weighted by molar-refractivity contribution is -0.384. The first-order valence-corrected chi connectivity index (χ1v) is 13.7. The van der Waals surface area contributed by atoms with E-state index >= 15 is 0 Å². The lowest BCUT2D eigenvalue weighted by atomic mass is 10.1. The molecular formula is C32H26BrN3O6. The summed E-state index contributed by atoms with van der Waals surface area (Å²) in [7, 11) is 0. The minimum atomic E-state index is -0.565. The van der Waals surface area contributed by atoms with Crippen LogP contribution in [0.5, 0.6) is 17.2 Å². The van der Waals surface area contributed by atoms with Gasteiger partial charge in [-0.2, -0.15) is 5.26 Å². The predicted octanol–water partition coefficient (Wildman–Crippen LogP) is 7.46. The molecule has 0 aliphatic rings. The van der Waals surface area contributed by atoms with Gasteiger partial charge in [-0.25, -0.2) is 0 Å². The molecule has 0 unspecified atom stereocenters. The number of nitriles is 1. The highest BCUT2D eigenvalue weighted by atomic mass is 79.9. The minimum Gasteiger partial charge on any atom is -0.490 e. The van der Waals surface area contributed by atoms with Crippen molar-refractivity contribution in [2.24, 2.45) is 0 Å². The highest BCUT2D eigenvalue weighted by Crippen LogP contribution is 2.30. The Morgan fingerprint density at radius 2 is 1.67 bits per heavy atom. The highest BCUT2D eigenvalue weighted by molar-refractivity contribution is 9.10. The van der Waals surface area contributed by atoms with Gasteiger partial charge in [-0.3, -0.25) is 14.9 Å². The predicted molar refractivity (Wildman–Crippen MR) is 162 cm³/mol. The van der Waals surface area contributed by atoms with E-state index in [-0.39, 0.29) is 17.9 Å². The molecule has 0 saturated carbocycles. The summed E-state index contributed by atoms with van der Waals surface area (Å²) in [6.07, 6.45) is 1.46. The molecule has 0 saturated heterocycles. The van der Waals surface area contributed by atoms with Crippen LogP contribution >= 0.6 is 15.9 Å². The first-order valence-electron chi connectivity index (χ1n) is 12.9. The maximum absolute atomic E-state index is 12.8. The molecule has 4 aromatic carbocycles. The smallest absolute Gasteiger partial charge is 0.269 e. The molecule has 10 heteroatoms. The molecule has 9 nitrogen and oxygen atoms in total. The molecule has 212 valence electrons. The van der Waals surface area contributed by atoms with E-state index in [0.29, 0.717) is 47.3 Å². The second kappa shape index (κ2) is 14.5. The van der Waals surface area contributed by atoms with Gasteiger partial charge in [-0.1, -0.05) is 46.3 Å². The molecule has 0 radical (unpaired) electrons. The number of rotatable bonds is 12. The summed E-state index contributed by atoms with van der Waals surface area (Å²) >= 11 is 3.41. The standard InChI is InChI=1S/C32H26BrN3O6/c1-2-40-31-18-23(8-15-30(31)42-21-24-4-3-5-28(17-24)36(38)39)16-25(19-34)32(37)35-27-11-13-29(14-12-27)41-20-22-6-9-26(33)10-7-22/h3-18H,2,20-21H2,1H3,(H,35,37)/b25-16+. The van der Waals surface area contributed by atoms with Crippen molar-refractivity contribution in [3.05, 3.63) is 128 Å². The number of carbonyl (C=O) groups is 1. The van der Waals surface area contributed by atoms with Gasteiger partial charge >= 0.3 is 0 Å². The fourth-order valence-electron chi connectivity index (χ4n) is 3.82. The van der Waals surface area contributed by atoms with Crippen molar-refractivity contribution in [1.29, 1.82) is 5.26 Å². The molecule has 0 aliphatic carbocycles. The van der Waals surface area contributed by atoms with Crippen molar-refractivity contribution in [3.63, 3.8) is 0 Å². The summed E-state index contributed by atoms with van der Waals surface area (Å²) in [4.78, 5) is 23.4. The number of non-ortho nitro benzene ring substituents is 1. The van der Waals surface area contributed by atoms with E-state index in [9.17, 15) is 20.2 Å². The SMILES string of the molecule is CCOc1cc(/C=C(\C#N)C(=O)Nc2ccc(OCc3ccc(Br)cc3)cc2)ccc1OCc1cccc([N+](=O)[O-])c1. The third-order valence-electron chi connectivity index (χ3n) is 5.89. The summed E-state index contributed by atoms with van der Waals surface area (Å²) in [5, 5.41) is 23.4. The molecule has 1 N–H and O–H groups in total. The number of nitro benzene ring substituents is 1. The van der Waals surface area contributed by atoms with Crippen LogP contribution in [0.2, 0.25) is 0 Å². The minimum absolute atomic E-state index is 0.0232. The van der Waals surface area contributed by atoms with Crippen LogP contribution in [0.15, 0.2) is 101 Å². The number of nitrogens with one attached hydrogen (secondary N) is 1. The molecule has 4 rings (SSSR count). The number of halogens is 1. The first kappa shape index (κ1) is 29.8. The average Bonchev–Trinajstić information content (AvgIpc) is 3.00. The zero-order valence-corrected chi connectivity index (χ0v) is 24.2. The van der Waals surface area contributed by atoms with Crippen LogP contribution in [0, 0.1) is 21.4 Å². The fourth-order valence-corrected chi connectivity index (χ4v) is 4.08. The van der Waals surface area contributed by atoms with Crippen LogP contribution in [0.4, 0.5) is 11.4 Å². The lowest BCUT2D eigenvalue weighted by Crippen LogP contribution is -2.13. The monoisotopic (exact) mass is 627 g/mol. The Kier molecular flexibility index (Phi) is 10.3. The van der Waals surface area contributed by atoms with Crippen molar-refractivity contribution in [1.82, 2.24) is 0 Å². The van der Waals surface area contributed by atoms with Gasteiger partial charge < -0.3 is 19.5 Å². The Bertz CT molecular complexity index is 1630. The fraction of sp³-hybridized carbons (Fsp3) is 0.125. The van der Waals surface area contributed by atoms with Crippen LogP contribution in [-0.2, 0) is 18.0 Å². The van der Waals surface area contributed by atoms with E-state index in [0.717, 1.165) is 10.0 Å². The number of amides is 1. The van der Waals surface area contributed by atoms with Crippen molar-refractivity contribution >= 4 is 39.3 Å². The molecular weight excluding hydrogens is 602 g/mol. The summed E-state index contributed by atoms with van der Waals surface area (Å²) < 4.78 is 18.3. The zero-order valence-electron chi connectivity index (χ0n) is 22.6. The molecule has 0 heterocycles. The van der Waals surface area contributed by atoms with E-state index < -0.39 is 10.8 Å². The van der Waals surface area contributed by atoms with Crippen LogP contribution in [0.1, 0.15) is 23.6 Å². The van der Waals surface area contributed by atoms with Crippen molar-refractivity contribution in [2.45, 2.75) is 20.1 Å². The molecule has 1 amide bonds. The Hall–Kier alpha value is -5.14. The van der Waals surface area contributed by atoms with Gasteiger partial charge in [0, 0.05) is 22.3 Å². The van der Waals surface area contributed by atoms with Gasteiger partial charge in [0.15, 0.2) is 11.5 Å². The molecule has 0 fully saturated rings. The number of benzene rings is 4. The number of hydrogen-bond acceptors (Lipinski definition) is 7. The van der Waals surface area contributed by atoms with Crippen LogP contribution < -0.4 is 19.5 Å². The topological polar surface area (TPSA) is 124 Å². The van der Waals surface area contributed by atoms with Gasteiger partial charge in [0.2, 0.25) is 0 Å². The van der Waals surface area contributed by atoms with Gasteiger partial charge in [-0.15, -0.1) is 0 Å². The largest absolute Gasteiger partial charge is 0.490 e. The van der Waals surface area contributed by atoms with Crippen molar-refractivity contribution in [2.75, 3.05) is 11.9 Å². The molecule has 4 aromatic rings. The molecule has 0 aliphatic heterocycles. The summed E-state index contributed by atoms with van der Waals surface area (Å²) in [5.74, 6) is 0.909. The second-order valence-electron chi connectivity index (χ2n) is 8.92. The average molecular weight is 628 g/mol. The number of nitrogens with zero attached hydrogens (tertiary/aromatic N) is 2. The van der Waals surface area contributed by atoms with Gasteiger partial charge in [0.1, 0.15) is 30.6 Å². The number of carbonyl (C=O) groups excluding carboxylic acids is 1. The molecule has 0 atom stereocenters. The normalized spacial score (nSPS) is 10.8. The van der Waals surface area contributed by atoms with Crippen molar-refractivity contribution in [3.8, 4) is 23.3 Å². The van der Waals surface area contributed by atoms with Gasteiger partial charge in [-0.05, 0) is 78.2 Å². The van der Waals surface area contributed by atoms with E-state index in [1.54, 1.807) is 54.6 Å². The molecule has 42 heavy (non-hydrogen) atoms. The Morgan fingerprint density at radius 3 is 2.36 bits per heavy atom. The van der Waals surface area contributed by atoms with Crippen LogP contribution in [0.3, 0.4) is 0 Å². The lowest BCUT2D eigenvalue weighted by Gasteiger charge is -2.13. The first-order chi connectivity index (χ1) is 20.3. The van der Waals surface area contributed by atoms with Crippen LogP contribution in [-0.4, -0.2) is 17.4 Å². The van der Waals surface area contributed by atoms with E-state index in [2.05, 4.69) is 21.2 Å². The summed E-state index contributed by atoms with van der Waals surface area (Å²) in [5.41, 5.74) is 2.60. The third kappa shape index (κ3) is 8.43. The number of anilines is 1. The van der Waals surface area contributed by atoms with E-state index in [1.807, 2.05) is 37.3 Å². The van der Waals surface area contributed by atoms with Gasteiger partial charge in [0.05, 0.1) is 11.5 Å². The van der Waals surface area contributed by atoms with E-state index in [4.69, 9.17) is 14.2 Å². The maximum atomic E-state index is 12.8. The third-order valence-corrected chi connectivity index (χ3v) is 6.42. The highest BCUT2D eigenvalue weighted by Gasteiger charge is 2.13. The maximum Gasteiger partial charge on any atom is 0.269 e. The molecule has 0 spiro atoms. The number of nitro groups is 1. The summed E-state index contributed by atoms with van der Waals surface area (Å²) in [6.45, 7) is 2.67. The molecule has 0 aromatic heterocycles. The Labute approximate surface area is 251 Å². The van der Waals surface area contributed by atoms with E-state index in [1.165, 1.54) is 18.2 Å².